The lowest BCUT2D eigenvalue weighted by Crippen LogP contribution is -2.41. The summed E-state index contributed by atoms with van der Waals surface area (Å²) in [5.74, 6) is -1.10. The van der Waals surface area contributed by atoms with Crippen LogP contribution in [0.3, 0.4) is 0 Å². The summed E-state index contributed by atoms with van der Waals surface area (Å²) in [6.45, 7) is 1.62. The number of amides is 1. The molecule has 17 heavy (non-hydrogen) atoms. The first-order valence-corrected chi connectivity index (χ1v) is 5.31. The number of halogens is 1. The molecule has 4 nitrogen and oxygen atoms in total. The fourth-order valence-corrected chi connectivity index (χ4v) is 1.29. The molecule has 0 radical (unpaired) electrons. The smallest absolute Gasteiger partial charge is 0.258 e. The lowest BCUT2D eigenvalue weighted by atomic mass is 10.1. The maximum atomic E-state index is 13.5. The minimum absolute atomic E-state index is 0.133. The van der Waals surface area contributed by atoms with Gasteiger partial charge in [-0.2, -0.15) is 0 Å². The van der Waals surface area contributed by atoms with E-state index in [9.17, 15) is 9.18 Å². The van der Waals surface area contributed by atoms with Crippen molar-refractivity contribution in [1.82, 2.24) is 5.32 Å². The van der Waals surface area contributed by atoms with Crippen LogP contribution in [0.4, 0.5) is 4.39 Å². The topological polar surface area (TPSA) is 64.3 Å². The van der Waals surface area contributed by atoms with Crippen molar-refractivity contribution in [3.05, 3.63) is 29.6 Å². The van der Waals surface area contributed by atoms with Crippen molar-refractivity contribution in [3.63, 3.8) is 0 Å². The SMILES string of the molecule is COc1cccc(F)c1C(=O)NC(C)C(N)=S. The van der Waals surface area contributed by atoms with Gasteiger partial charge >= 0.3 is 0 Å². The second-order valence-electron chi connectivity index (χ2n) is 3.41. The molecular formula is C11H13FN2O2S. The monoisotopic (exact) mass is 256 g/mol. The maximum absolute atomic E-state index is 13.5. The van der Waals surface area contributed by atoms with Crippen LogP contribution in [-0.2, 0) is 0 Å². The number of nitrogens with two attached hydrogens (primary N) is 1. The van der Waals surface area contributed by atoms with E-state index in [2.05, 4.69) is 5.32 Å². The summed E-state index contributed by atoms with van der Waals surface area (Å²) in [6, 6.07) is 3.63. The molecule has 0 fully saturated rings. The molecule has 0 saturated heterocycles. The Bertz CT molecular complexity index is 451. The number of hydrogen-bond donors (Lipinski definition) is 2. The van der Waals surface area contributed by atoms with Gasteiger partial charge in [0.05, 0.1) is 18.1 Å². The molecule has 0 aromatic heterocycles. The Morgan fingerprint density at radius 1 is 1.59 bits per heavy atom. The van der Waals surface area contributed by atoms with E-state index in [-0.39, 0.29) is 16.3 Å². The standard InChI is InChI=1S/C11H13FN2O2S/c1-6(10(13)17)14-11(15)9-7(12)4-3-5-8(9)16-2/h3-6H,1-2H3,(H2,13,17)(H,14,15). The number of thiocarbonyl (C=S) groups is 1. The second-order valence-corrected chi connectivity index (χ2v) is 3.89. The van der Waals surface area contributed by atoms with Gasteiger partial charge in [-0.1, -0.05) is 18.3 Å². The molecule has 0 heterocycles. The molecule has 0 bridgehead atoms. The van der Waals surface area contributed by atoms with Gasteiger partial charge in [0.2, 0.25) is 0 Å². The molecule has 0 aliphatic heterocycles. The summed E-state index contributed by atoms with van der Waals surface area (Å²) in [4.78, 5) is 11.9. The van der Waals surface area contributed by atoms with Gasteiger partial charge in [-0.25, -0.2) is 4.39 Å². The lowest BCUT2D eigenvalue weighted by molar-refractivity contribution is 0.0942. The largest absolute Gasteiger partial charge is 0.496 e. The lowest BCUT2D eigenvalue weighted by Gasteiger charge is -2.14. The van der Waals surface area contributed by atoms with Crippen LogP contribution in [0.2, 0.25) is 0 Å². The Labute approximate surface area is 104 Å². The molecular weight excluding hydrogens is 243 g/mol. The van der Waals surface area contributed by atoms with Crippen molar-refractivity contribution in [2.24, 2.45) is 5.73 Å². The summed E-state index contributed by atoms with van der Waals surface area (Å²) in [7, 11) is 1.36. The van der Waals surface area contributed by atoms with E-state index in [1.54, 1.807) is 6.92 Å². The van der Waals surface area contributed by atoms with Gasteiger partial charge in [0.1, 0.15) is 17.1 Å². The summed E-state index contributed by atoms with van der Waals surface area (Å²) in [6.07, 6.45) is 0. The van der Waals surface area contributed by atoms with Crippen LogP contribution in [0.5, 0.6) is 5.75 Å². The highest BCUT2D eigenvalue weighted by Crippen LogP contribution is 2.20. The first kappa shape index (κ1) is 13.4. The fraction of sp³-hybridized carbons (Fsp3) is 0.273. The number of carbonyl (C=O) groups is 1. The summed E-state index contributed by atoms with van der Waals surface area (Å²) >= 11 is 4.72. The Hall–Kier alpha value is -1.69. The molecule has 0 saturated carbocycles. The Morgan fingerprint density at radius 2 is 2.24 bits per heavy atom. The molecule has 1 rings (SSSR count). The first-order valence-electron chi connectivity index (χ1n) is 4.90. The van der Waals surface area contributed by atoms with Gasteiger partial charge in [-0.15, -0.1) is 0 Å². The predicted octanol–water partition coefficient (Wildman–Crippen LogP) is 1.24. The van der Waals surface area contributed by atoms with E-state index in [0.29, 0.717) is 0 Å². The highest BCUT2D eigenvalue weighted by atomic mass is 32.1. The van der Waals surface area contributed by atoms with Crippen LogP contribution in [0.1, 0.15) is 17.3 Å². The molecule has 92 valence electrons. The zero-order chi connectivity index (χ0) is 13.0. The Kier molecular flexibility index (Phi) is 4.39. The fourth-order valence-electron chi connectivity index (χ4n) is 1.23. The van der Waals surface area contributed by atoms with E-state index in [1.807, 2.05) is 0 Å². The Balaban J connectivity index is 3.00. The van der Waals surface area contributed by atoms with Crippen molar-refractivity contribution in [3.8, 4) is 5.75 Å². The third-order valence-corrected chi connectivity index (χ3v) is 2.55. The zero-order valence-electron chi connectivity index (χ0n) is 9.49. The molecule has 0 spiro atoms. The summed E-state index contributed by atoms with van der Waals surface area (Å²) < 4.78 is 18.5. The van der Waals surface area contributed by atoms with Gasteiger partial charge in [0.15, 0.2) is 0 Å². The number of methoxy groups -OCH3 is 1. The molecule has 1 amide bonds. The van der Waals surface area contributed by atoms with E-state index >= 15 is 0 Å². The number of carbonyl (C=O) groups excluding carboxylic acids is 1. The average molecular weight is 256 g/mol. The van der Waals surface area contributed by atoms with Crippen LogP contribution in [0.25, 0.3) is 0 Å². The van der Waals surface area contributed by atoms with Crippen molar-refractivity contribution < 1.29 is 13.9 Å². The number of nitrogens with one attached hydrogen (secondary N) is 1. The van der Waals surface area contributed by atoms with Gasteiger partial charge in [-0.3, -0.25) is 4.79 Å². The highest BCUT2D eigenvalue weighted by molar-refractivity contribution is 7.80. The molecule has 3 N–H and O–H groups in total. The number of rotatable bonds is 4. The average Bonchev–Trinajstić information content (AvgIpc) is 2.27. The number of benzene rings is 1. The van der Waals surface area contributed by atoms with Crippen LogP contribution in [0, 0.1) is 5.82 Å². The van der Waals surface area contributed by atoms with Crippen LogP contribution in [-0.4, -0.2) is 24.0 Å². The van der Waals surface area contributed by atoms with E-state index in [0.717, 1.165) is 0 Å². The Morgan fingerprint density at radius 3 is 2.76 bits per heavy atom. The second kappa shape index (κ2) is 5.58. The number of ether oxygens (including phenoxy) is 1. The highest BCUT2D eigenvalue weighted by Gasteiger charge is 2.19. The third-order valence-electron chi connectivity index (χ3n) is 2.20. The van der Waals surface area contributed by atoms with Crippen LogP contribution < -0.4 is 15.8 Å². The number of hydrogen-bond acceptors (Lipinski definition) is 3. The summed E-state index contributed by atoms with van der Waals surface area (Å²) in [5, 5.41) is 2.49. The quantitative estimate of drug-likeness (QED) is 0.795. The first-order chi connectivity index (χ1) is 7.97. The van der Waals surface area contributed by atoms with Crippen molar-refractivity contribution in [2.45, 2.75) is 13.0 Å². The molecule has 6 heteroatoms. The van der Waals surface area contributed by atoms with Crippen molar-refractivity contribution in [2.75, 3.05) is 7.11 Å². The maximum Gasteiger partial charge on any atom is 0.258 e. The predicted molar refractivity (Wildman–Crippen MR) is 66.7 cm³/mol. The van der Waals surface area contributed by atoms with E-state index < -0.39 is 17.8 Å². The van der Waals surface area contributed by atoms with Gasteiger partial charge in [0.25, 0.3) is 5.91 Å². The molecule has 0 aliphatic carbocycles. The molecule has 1 aromatic carbocycles. The third kappa shape index (κ3) is 3.13. The van der Waals surface area contributed by atoms with Crippen LogP contribution in [0.15, 0.2) is 18.2 Å². The minimum atomic E-state index is -0.656. The van der Waals surface area contributed by atoms with Gasteiger partial charge < -0.3 is 15.8 Å². The molecule has 1 unspecified atom stereocenters. The van der Waals surface area contributed by atoms with Crippen molar-refractivity contribution >= 4 is 23.1 Å². The molecule has 0 aliphatic rings. The van der Waals surface area contributed by atoms with E-state index in [4.69, 9.17) is 22.7 Å². The zero-order valence-corrected chi connectivity index (χ0v) is 10.3. The van der Waals surface area contributed by atoms with Crippen molar-refractivity contribution in [1.29, 1.82) is 0 Å². The van der Waals surface area contributed by atoms with Gasteiger partial charge in [0, 0.05) is 0 Å². The minimum Gasteiger partial charge on any atom is -0.496 e. The van der Waals surface area contributed by atoms with E-state index in [1.165, 1.54) is 25.3 Å². The summed E-state index contributed by atoms with van der Waals surface area (Å²) in [5.41, 5.74) is 5.21. The molecule has 1 aromatic rings. The van der Waals surface area contributed by atoms with Gasteiger partial charge in [-0.05, 0) is 19.1 Å². The molecule has 1 atom stereocenters. The van der Waals surface area contributed by atoms with Crippen LogP contribution >= 0.6 is 12.2 Å². The normalized spacial score (nSPS) is 11.7.